The van der Waals surface area contributed by atoms with Crippen molar-refractivity contribution in [2.75, 3.05) is 7.11 Å². The molecule has 0 atom stereocenters. The lowest BCUT2D eigenvalue weighted by atomic mass is 10.0. The van der Waals surface area contributed by atoms with Crippen molar-refractivity contribution in [1.82, 2.24) is 4.98 Å². The van der Waals surface area contributed by atoms with Gasteiger partial charge in [-0.05, 0) is 25.1 Å². The largest absolute Gasteiger partial charge is 0.496 e. The fraction of sp³-hybridized carbons (Fsp3) is 0.200. The molecule has 2 rings (SSSR count). The van der Waals surface area contributed by atoms with Gasteiger partial charge in [0.25, 0.3) is 0 Å². The summed E-state index contributed by atoms with van der Waals surface area (Å²) < 4.78 is 18.0. The van der Waals surface area contributed by atoms with Crippen molar-refractivity contribution in [3.63, 3.8) is 0 Å². The van der Waals surface area contributed by atoms with Crippen LogP contribution in [0.5, 0.6) is 5.75 Å². The Morgan fingerprint density at radius 2 is 2.11 bits per heavy atom. The van der Waals surface area contributed by atoms with Crippen molar-refractivity contribution >= 4 is 5.78 Å². The molecular weight excluding hydrogens is 245 g/mol. The zero-order valence-corrected chi connectivity index (χ0v) is 10.8. The van der Waals surface area contributed by atoms with Crippen LogP contribution < -0.4 is 4.74 Å². The highest BCUT2D eigenvalue weighted by Crippen LogP contribution is 2.21. The predicted molar refractivity (Wildman–Crippen MR) is 70.0 cm³/mol. The number of halogens is 1. The summed E-state index contributed by atoms with van der Waals surface area (Å²) in [6.07, 6.45) is 1.23. The molecule has 19 heavy (non-hydrogen) atoms. The SMILES string of the molecule is COc1ccc(C)cc1CC(=O)c1ccc(F)cn1. The lowest BCUT2D eigenvalue weighted by molar-refractivity contribution is 0.0987. The van der Waals surface area contributed by atoms with Crippen LogP contribution in [0.25, 0.3) is 0 Å². The highest BCUT2D eigenvalue weighted by molar-refractivity contribution is 5.96. The highest BCUT2D eigenvalue weighted by Gasteiger charge is 2.12. The first-order chi connectivity index (χ1) is 9.10. The number of aromatic nitrogens is 1. The molecule has 0 radical (unpaired) electrons. The molecule has 0 amide bonds. The summed E-state index contributed by atoms with van der Waals surface area (Å²) in [7, 11) is 1.56. The van der Waals surface area contributed by atoms with Crippen molar-refractivity contribution < 1.29 is 13.9 Å². The van der Waals surface area contributed by atoms with Crippen LogP contribution in [-0.4, -0.2) is 17.9 Å². The van der Waals surface area contributed by atoms with Gasteiger partial charge in [-0.15, -0.1) is 0 Å². The molecule has 0 N–H and O–H groups in total. The minimum Gasteiger partial charge on any atom is -0.496 e. The van der Waals surface area contributed by atoms with Gasteiger partial charge < -0.3 is 4.74 Å². The van der Waals surface area contributed by atoms with Crippen molar-refractivity contribution in [3.05, 3.63) is 59.2 Å². The first-order valence-corrected chi connectivity index (χ1v) is 5.88. The topological polar surface area (TPSA) is 39.2 Å². The molecule has 0 aliphatic rings. The number of carbonyl (C=O) groups is 1. The fourth-order valence-electron chi connectivity index (χ4n) is 1.85. The summed E-state index contributed by atoms with van der Waals surface area (Å²) in [6.45, 7) is 1.95. The van der Waals surface area contributed by atoms with Gasteiger partial charge in [-0.2, -0.15) is 0 Å². The predicted octanol–water partition coefficient (Wildman–Crippen LogP) is 2.96. The van der Waals surface area contributed by atoms with E-state index in [1.165, 1.54) is 12.1 Å². The number of rotatable bonds is 4. The maximum Gasteiger partial charge on any atom is 0.185 e. The number of nitrogens with zero attached hydrogens (tertiary/aromatic N) is 1. The molecule has 0 spiro atoms. The average molecular weight is 259 g/mol. The normalized spacial score (nSPS) is 10.3. The molecule has 0 saturated carbocycles. The van der Waals surface area contributed by atoms with Crippen LogP contribution in [0.3, 0.4) is 0 Å². The Labute approximate surface area is 111 Å². The number of ether oxygens (including phenoxy) is 1. The molecule has 98 valence electrons. The Bertz CT molecular complexity index is 594. The smallest absolute Gasteiger partial charge is 0.185 e. The van der Waals surface area contributed by atoms with Crippen LogP contribution in [0.15, 0.2) is 36.5 Å². The Balaban J connectivity index is 2.23. The average Bonchev–Trinajstić information content (AvgIpc) is 2.39. The number of methoxy groups -OCH3 is 1. The molecule has 0 aliphatic heterocycles. The number of pyridine rings is 1. The van der Waals surface area contributed by atoms with E-state index in [4.69, 9.17) is 4.74 Å². The van der Waals surface area contributed by atoms with Crippen LogP contribution in [0.1, 0.15) is 21.6 Å². The summed E-state index contributed by atoms with van der Waals surface area (Å²) in [4.78, 5) is 15.9. The van der Waals surface area contributed by atoms with Gasteiger partial charge in [0.2, 0.25) is 0 Å². The van der Waals surface area contributed by atoms with Gasteiger partial charge in [0.15, 0.2) is 5.78 Å². The molecule has 0 fully saturated rings. The van der Waals surface area contributed by atoms with Crippen LogP contribution in [0.4, 0.5) is 4.39 Å². The van der Waals surface area contributed by atoms with Crippen LogP contribution >= 0.6 is 0 Å². The van der Waals surface area contributed by atoms with Crippen LogP contribution in [0.2, 0.25) is 0 Å². The number of carbonyl (C=O) groups excluding carboxylic acids is 1. The van der Waals surface area contributed by atoms with Crippen molar-refractivity contribution in [3.8, 4) is 5.75 Å². The Morgan fingerprint density at radius 1 is 1.32 bits per heavy atom. The molecule has 1 aromatic carbocycles. The van der Waals surface area contributed by atoms with Crippen molar-refractivity contribution in [2.45, 2.75) is 13.3 Å². The van der Waals surface area contributed by atoms with Gasteiger partial charge in [-0.25, -0.2) is 4.39 Å². The summed E-state index contributed by atoms with van der Waals surface area (Å²) in [5.74, 6) is 0.0506. The number of aryl methyl sites for hydroxylation is 1. The van der Waals surface area contributed by atoms with Crippen LogP contribution in [-0.2, 0) is 6.42 Å². The van der Waals surface area contributed by atoms with E-state index >= 15 is 0 Å². The van der Waals surface area contributed by atoms with E-state index in [-0.39, 0.29) is 17.9 Å². The van der Waals surface area contributed by atoms with Gasteiger partial charge in [0, 0.05) is 12.0 Å². The van der Waals surface area contributed by atoms with Gasteiger partial charge in [0.1, 0.15) is 17.3 Å². The number of benzene rings is 1. The molecule has 1 heterocycles. The Morgan fingerprint density at radius 3 is 2.74 bits per heavy atom. The number of ketones is 1. The molecule has 3 nitrogen and oxygen atoms in total. The minimum atomic E-state index is -0.454. The van der Waals surface area contributed by atoms with Crippen molar-refractivity contribution in [1.29, 1.82) is 0 Å². The first kappa shape index (κ1) is 13.2. The second kappa shape index (κ2) is 5.61. The van der Waals surface area contributed by atoms with E-state index in [0.29, 0.717) is 5.75 Å². The highest BCUT2D eigenvalue weighted by atomic mass is 19.1. The third-order valence-electron chi connectivity index (χ3n) is 2.80. The van der Waals surface area contributed by atoms with Gasteiger partial charge >= 0.3 is 0 Å². The first-order valence-electron chi connectivity index (χ1n) is 5.88. The molecule has 2 aromatic rings. The van der Waals surface area contributed by atoms with E-state index in [1.807, 2.05) is 25.1 Å². The fourth-order valence-corrected chi connectivity index (χ4v) is 1.85. The zero-order chi connectivity index (χ0) is 13.8. The minimum absolute atomic E-state index is 0.163. The Hall–Kier alpha value is -2.23. The molecule has 1 aromatic heterocycles. The molecule has 0 bridgehead atoms. The summed E-state index contributed by atoms with van der Waals surface area (Å²) in [5, 5.41) is 0. The van der Waals surface area contributed by atoms with E-state index in [2.05, 4.69) is 4.98 Å². The lowest BCUT2D eigenvalue weighted by Crippen LogP contribution is -2.07. The van der Waals surface area contributed by atoms with E-state index in [0.717, 1.165) is 17.3 Å². The van der Waals surface area contributed by atoms with Crippen molar-refractivity contribution in [2.24, 2.45) is 0 Å². The van der Waals surface area contributed by atoms with Gasteiger partial charge in [-0.3, -0.25) is 9.78 Å². The number of hydrogen-bond donors (Lipinski definition) is 0. The number of hydrogen-bond acceptors (Lipinski definition) is 3. The summed E-state index contributed by atoms with van der Waals surface area (Å²) in [5.41, 5.74) is 2.11. The Kier molecular flexibility index (Phi) is 3.90. The summed E-state index contributed by atoms with van der Waals surface area (Å²) in [6, 6.07) is 8.27. The maximum atomic E-state index is 12.8. The number of Topliss-reactive ketones (excluding diaryl/α,β-unsaturated/α-hetero) is 1. The second-order valence-electron chi connectivity index (χ2n) is 4.28. The monoisotopic (exact) mass is 259 g/mol. The lowest BCUT2D eigenvalue weighted by Gasteiger charge is -2.08. The van der Waals surface area contributed by atoms with Gasteiger partial charge in [-0.1, -0.05) is 17.7 Å². The van der Waals surface area contributed by atoms with E-state index < -0.39 is 5.82 Å². The molecule has 4 heteroatoms. The van der Waals surface area contributed by atoms with Crippen LogP contribution in [0, 0.1) is 12.7 Å². The van der Waals surface area contributed by atoms with E-state index in [1.54, 1.807) is 7.11 Å². The third kappa shape index (κ3) is 3.16. The molecule has 0 aliphatic carbocycles. The third-order valence-corrected chi connectivity index (χ3v) is 2.80. The van der Waals surface area contributed by atoms with E-state index in [9.17, 15) is 9.18 Å². The maximum absolute atomic E-state index is 12.8. The standard InChI is InChI=1S/C15H14FNO2/c1-10-3-6-15(19-2)11(7-10)8-14(18)13-5-4-12(16)9-17-13/h3-7,9H,8H2,1-2H3. The molecular formula is C15H14FNO2. The zero-order valence-electron chi connectivity index (χ0n) is 10.8. The molecule has 0 saturated heterocycles. The second-order valence-corrected chi connectivity index (χ2v) is 4.28. The quantitative estimate of drug-likeness (QED) is 0.792. The summed E-state index contributed by atoms with van der Waals surface area (Å²) >= 11 is 0. The molecule has 0 unspecified atom stereocenters. The van der Waals surface area contributed by atoms with Gasteiger partial charge in [0.05, 0.1) is 13.3 Å².